The molecule has 1 fully saturated rings. The van der Waals surface area contributed by atoms with Crippen LogP contribution in [0, 0.1) is 17.7 Å². The number of nitrogens with zero attached hydrogens (tertiary/aromatic N) is 2. The van der Waals surface area contributed by atoms with Gasteiger partial charge in [-0.15, -0.1) is 0 Å². The molecular weight excluding hydrogens is 347 g/mol. The lowest BCUT2D eigenvalue weighted by molar-refractivity contribution is -0.0547. The highest BCUT2D eigenvalue weighted by Gasteiger charge is 2.27. The van der Waals surface area contributed by atoms with E-state index in [2.05, 4.69) is 18.7 Å². The van der Waals surface area contributed by atoms with E-state index in [4.69, 9.17) is 4.74 Å². The summed E-state index contributed by atoms with van der Waals surface area (Å²) in [6.07, 6.45) is -0.487. The number of hydrogen-bond donors (Lipinski definition) is 1. The summed E-state index contributed by atoms with van der Waals surface area (Å²) in [6, 6.07) is 5.82. The Kier molecular flexibility index (Phi) is 8.20. The predicted octanol–water partition coefficient (Wildman–Crippen LogP) is 2.64. The van der Waals surface area contributed by atoms with Crippen LogP contribution in [0.1, 0.15) is 38.1 Å². The fourth-order valence-corrected chi connectivity index (χ4v) is 3.26. The minimum absolute atomic E-state index is 0.116. The molecule has 1 aromatic carbocycles. The maximum absolute atomic E-state index is 13.5. The Bertz CT molecular complexity index is 609. The molecule has 0 aromatic heterocycles. The second-order valence-corrected chi connectivity index (χ2v) is 8.18. The Morgan fingerprint density at radius 2 is 2.11 bits per heavy atom. The number of aliphatic hydroxyl groups is 1. The smallest absolute Gasteiger partial charge is 0.254 e. The molecule has 1 aliphatic heterocycles. The Morgan fingerprint density at radius 3 is 2.74 bits per heavy atom. The van der Waals surface area contributed by atoms with Gasteiger partial charge in [0.05, 0.1) is 18.8 Å². The van der Waals surface area contributed by atoms with E-state index in [0.29, 0.717) is 44.3 Å². The second kappa shape index (κ2) is 10.2. The lowest BCUT2D eigenvalue weighted by Gasteiger charge is -2.37. The monoisotopic (exact) mass is 380 g/mol. The Hall–Kier alpha value is -1.50. The predicted molar refractivity (Wildman–Crippen MR) is 104 cm³/mol. The van der Waals surface area contributed by atoms with Gasteiger partial charge in [0.25, 0.3) is 5.91 Å². The van der Waals surface area contributed by atoms with E-state index in [1.807, 2.05) is 13.8 Å². The van der Waals surface area contributed by atoms with Crippen molar-refractivity contribution in [3.63, 3.8) is 0 Å². The van der Waals surface area contributed by atoms with Crippen molar-refractivity contribution < 1.29 is 19.0 Å². The highest BCUT2D eigenvalue weighted by atomic mass is 19.1. The van der Waals surface area contributed by atoms with Crippen LogP contribution in [-0.4, -0.2) is 72.4 Å². The van der Waals surface area contributed by atoms with Gasteiger partial charge < -0.3 is 14.7 Å². The maximum Gasteiger partial charge on any atom is 0.254 e. The average molecular weight is 381 g/mol. The van der Waals surface area contributed by atoms with Crippen molar-refractivity contribution in [3.8, 4) is 0 Å². The van der Waals surface area contributed by atoms with Crippen molar-refractivity contribution in [2.75, 3.05) is 39.3 Å². The standard InChI is InChI=1S/C21H33FN2O3/c1-15(2)11-24(21(26)17-6-5-7-18(22)10-17)13-19-12-23(8-9-27-19)14-20(25)16(3)4/h5-7,10,15-16,19-20,25H,8-9,11-14H2,1-4H3/t19-,20-/m0/s1. The van der Waals surface area contributed by atoms with Crippen LogP contribution in [-0.2, 0) is 4.74 Å². The van der Waals surface area contributed by atoms with Crippen molar-refractivity contribution in [2.45, 2.75) is 39.9 Å². The number of ether oxygens (including phenoxy) is 1. The van der Waals surface area contributed by atoms with Crippen LogP contribution in [0.3, 0.4) is 0 Å². The SMILES string of the molecule is CC(C)CN(C[C@@H]1CN(C[C@H](O)C(C)C)CCO1)C(=O)c1cccc(F)c1. The molecule has 0 saturated carbocycles. The zero-order valence-corrected chi connectivity index (χ0v) is 16.9. The van der Waals surface area contributed by atoms with Gasteiger partial charge in [-0.3, -0.25) is 9.69 Å². The molecule has 1 aliphatic rings. The molecular formula is C21H33FN2O3. The zero-order valence-electron chi connectivity index (χ0n) is 16.9. The number of morpholine rings is 1. The van der Waals surface area contributed by atoms with Crippen molar-refractivity contribution >= 4 is 5.91 Å². The molecule has 1 heterocycles. The quantitative estimate of drug-likeness (QED) is 0.753. The van der Waals surface area contributed by atoms with Gasteiger partial charge in [0, 0.05) is 38.3 Å². The molecule has 1 aromatic rings. The van der Waals surface area contributed by atoms with E-state index >= 15 is 0 Å². The number of carbonyl (C=O) groups excluding carboxylic acids is 1. The van der Waals surface area contributed by atoms with Gasteiger partial charge >= 0.3 is 0 Å². The number of amides is 1. The van der Waals surface area contributed by atoms with E-state index in [1.54, 1.807) is 17.0 Å². The van der Waals surface area contributed by atoms with Crippen molar-refractivity contribution in [1.29, 1.82) is 0 Å². The first-order valence-corrected chi connectivity index (χ1v) is 9.83. The largest absolute Gasteiger partial charge is 0.392 e. The van der Waals surface area contributed by atoms with Gasteiger partial charge in [-0.05, 0) is 30.0 Å². The fourth-order valence-electron chi connectivity index (χ4n) is 3.26. The summed E-state index contributed by atoms with van der Waals surface area (Å²) in [4.78, 5) is 16.9. The third-order valence-electron chi connectivity index (χ3n) is 4.81. The van der Waals surface area contributed by atoms with Crippen molar-refractivity contribution in [3.05, 3.63) is 35.6 Å². The van der Waals surface area contributed by atoms with Crippen LogP contribution < -0.4 is 0 Å². The molecule has 1 N–H and O–H groups in total. The first kappa shape index (κ1) is 21.8. The van der Waals surface area contributed by atoms with Gasteiger partial charge in [0.1, 0.15) is 5.82 Å². The van der Waals surface area contributed by atoms with Gasteiger partial charge in [-0.2, -0.15) is 0 Å². The van der Waals surface area contributed by atoms with Crippen molar-refractivity contribution in [1.82, 2.24) is 9.80 Å². The molecule has 5 nitrogen and oxygen atoms in total. The zero-order chi connectivity index (χ0) is 20.0. The number of aliphatic hydroxyl groups excluding tert-OH is 1. The number of hydrogen-bond acceptors (Lipinski definition) is 4. The van der Waals surface area contributed by atoms with E-state index < -0.39 is 5.82 Å². The van der Waals surface area contributed by atoms with Gasteiger partial charge in [-0.25, -0.2) is 4.39 Å². The van der Waals surface area contributed by atoms with Crippen LogP contribution in [0.4, 0.5) is 4.39 Å². The summed E-state index contributed by atoms with van der Waals surface area (Å²) in [5.41, 5.74) is 0.360. The van der Waals surface area contributed by atoms with Crippen LogP contribution in [0.5, 0.6) is 0 Å². The highest BCUT2D eigenvalue weighted by molar-refractivity contribution is 5.94. The minimum atomic E-state index is -0.409. The number of halogens is 1. The molecule has 152 valence electrons. The topological polar surface area (TPSA) is 53.0 Å². The first-order chi connectivity index (χ1) is 12.8. The summed E-state index contributed by atoms with van der Waals surface area (Å²) >= 11 is 0. The van der Waals surface area contributed by atoms with Crippen LogP contribution in [0.25, 0.3) is 0 Å². The van der Waals surface area contributed by atoms with Gasteiger partial charge in [-0.1, -0.05) is 33.8 Å². The summed E-state index contributed by atoms with van der Waals surface area (Å²) in [7, 11) is 0. The lowest BCUT2D eigenvalue weighted by atomic mass is 10.1. The van der Waals surface area contributed by atoms with E-state index in [-0.39, 0.29) is 24.0 Å². The van der Waals surface area contributed by atoms with Gasteiger partial charge in [0.15, 0.2) is 0 Å². The summed E-state index contributed by atoms with van der Waals surface area (Å²) in [5, 5.41) is 10.1. The van der Waals surface area contributed by atoms with E-state index in [9.17, 15) is 14.3 Å². The average Bonchev–Trinajstić information content (AvgIpc) is 2.60. The third kappa shape index (κ3) is 6.87. The normalized spacial score (nSPS) is 19.5. The number of benzene rings is 1. The first-order valence-electron chi connectivity index (χ1n) is 9.83. The van der Waals surface area contributed by atoms with Gasteiger partial charge in [0.2, 0.25) is 0 Å². The number of β-amino-alcohol motifs (C(OH)–C–C–N with tert-alkyl or cyclic N) is 1. The van der Waals surface area contributed by atoms with Crippen LogP contribution >= 0.6 is 0 Å². The molecule has 1 saturated heterocycles. The molecule has 0 bridgehead atoms. The molecule has 6 heteroatoms. The summed E-state index contributed by atoms with van der Waals surface area (Å²) in [6.45, 7) is 11.8. The molecule has 0 aliphatic carbocycles. The minimum Gasteiger partial charge on any atom is -0.392 e. The molecule has 0 unspecified atom stereocenters. The van der Waals surface area contributed by atoms with E-state index in [0.717, 1.165) is 6.54 Å². The fraction of sp³-hybridized carbons (Fsp3) is 0.667. The molecule has 1 amide bonds. The molecule has 0 spiro atoms. The molecule has 0 radical (unpaired) electrons. The Morgan fingerprint density at radius 1 is 1.37 bits per heavy atom. The maximum atomic E-state index is 13.5. The lowest BCUT2D eigenvalue weighted by Crippen LogP contribution is -2.51. The molecule has 27 heavy (non-hydrogen) atoms. The number of carbonyl (C=O) groups is 1. The van der Waals surface area contributed by atoms with Crippen molar-refractivity contribution in [2.24, 2.45) is 11.8 Å². The van der Waals surface area contributed by atoms with E-state index in [1.165, 1.54) is 12.1 Å². The second-order valence-electron chi connectivity index (χ2n) is 8.18. The Balaban J connectivity index is 2.03. The van der Waals surface area contributed by atoms with Crippen LogP contribution in [0.2, 0.25) is 0 Å². The Labute approximate surface area is 162 Å². The number of rotatable bonds is 8. The summed E-state index contributed by atoms with van der Waals surface area (Å²) < 4.78 is 19.4. The highest BCUT2D eigenvalue weighted by Crippen LogP contribution is 2.14. The summed E-state index contributed by atoms with van der Waals surface area (Å²) in [5.74, 6) is -0.0810. The third-order valence-corrected chi connectivity index (χ3v) is 4.81. The molecule has 2 atom stereocenters. The van der Waals surface area contributed by atoms with Crippen LogP contribution in [0.15, 0.2) is 24.3 Å². The molecule has 2 rings (SSSR count).